The molecule has 0 fully saturated rings. The van der Waals surface area contributed by atoms with Gasteiger partial charge in [-0.15, -0.1) is 0 Å². The average Bonchev–Trinajstić information content (AvgIpc) is 3.90. The molecule has 3 heteroatoms. The van der Waals surface area contributed by atoms with Crippen molar-refractivity contribution < 1.29 is 0 Å². The van der Waals surface area contributed by atoms with Gasteiger partial charge in [-0.2, -0.15) is 0 Å². The van der Waals surface area contributed by atoms with Gasteiger partial charge < -0.3 is 4.57 Å². The van der Waals surface area contributed by atoms with Crippen molar-refractivity contribution in [2.24, 2.45) is 0 Å². The molecule has 0 N–H and O–H groups in total. The minimum Gasteiger partial charge on any atom is -0.309 e. The van der Waals surface area contributed by atoms with Crippen LogP contribution in [0.4, 0.5) is 0 Å². The molecular formula is C63H41N3. The normalized spacial score (nSPS) is 12.7. The molecule has 1 aliphatic carbocycles. The first-order valence-electron chi connectivity index (χ1n) is 22.7. The molecule has 0 amide bonds. The first kappa shape index (κ1) is 37.9. The van der Waals surface area contributed by atoms with Gasteiger partial charge in [-0.1, -0.05) is 218 Å². The lowest BCUT2D eigenvalue weighted by Gasteiger charge is -2.33. The largest absolute Gasteiger partial charge is 0.309 e. The quantitative estimate of drug-likeness (QED) is 0.160. The van der Waals surface area contributed by atoms with E-state index in [1.807, 2.05) is 6.07 Å². The second-order valence-corrected chi connectivity index (χ2v) is 17.2. The summed E-state index contributed by atoms with van der Waals surface area (Å²) >= 11 is 0. The number of aromatic nitrogens is 3. The Morgan fingerprint density at radius 1 is 0.318 bits per heavy atom. The number of fused-ring (bicyclic) bond motifs is 7. The number of hydrogen-bond donors (Lipinski definition) is 0. The highest BCUT2D eigenvalue weighted by Crippen LogP contribution is 2.58. The molecule has 0 unspecified atom stereocenters. The molecule has 66 heavy (non-hydrogen) atoms. The standard InChI is InChI=1S/C63H41N3/c1-5-20-42(21-6-1)62-64-57(41-58(65-62)54-32-19-34-56-61(54)53-31-15-17-33-55(53)63(56,44-22-7-2-8-23-44)45-24-9-3-10-25-45)50-39-38-47(48-28-13-14-29-49(48)50)43-36-37-52-51-30-16-18-35-59(51)66(60(52)40-43)46-26-11-4-12-27-46/h1-41H. The Labute approximate surface area is 383 Å². The predicted molar refractivity (Wildman–Crippen MR) is 273 cm³/mol. The molecule has 1 aliphatic rings. The van der Waals surface area contributed by atoms with Gasteiger partial charge in [0.25, 0.3) is 0 Å². The maximum atomic E-state index is 5.45. The van der Waals surface area contributed by atoms with E-state index in [1.165, 1.54) is 66.1 Å². The molecular weight excluding hydrogens is 799 g/mol. The molecule has 308 valence electrons. The van der Waals surface area contributed by atoms with Crippen LogP contribution in [-0.2, 0) is 5.41 Å². The lowest BCUT2D eigenvalue weighted by molar-refractivity contribution is 0.768. The summed E-state index contributed by atoms with van der Waals surface area (Å²) in [7, 11) is 0. The Bertz CT molecular complexity index is 3760. The summed E-state index contributed by atoms with van der Waals surface area (Å²) in [4.78, 5) is 10.9. The Kier molecular flexibility index (Phi) is 8.75. The van der Waals surface area contributed by atoms with E-state index in [2.05, 4.69) is 247 Å². The SMILES string of the molecule is c1ccc(-c2nc(-c3cccc4c3-c3ccccc3C4(c3ccccc3)c3ccccc3)cc(-c3ccc(-c4ccc5c6ccccc6n(-c6ccccc6)c5c4)c4ccccc34)n2)cc1. The topological polar surface area (TPSA) is 30.7 Å². The van der Waals surface area contributed by atoms with E-state index >= 15 is 0 Å². The summed E-state index contributed by atoms with van der Waals surface area (Å²) in [6.07, 6.45) is 0. The summed E-state index contributed by atoms with van der Waals surface area (Å²) in [6, 6.07) is 89.9. The minimum absolute atomic E-state index is 0.521. The molecule has 2 aromatic heterocycles. The lowest BCUT2D eigenvalue weighted by atomic mass is 9.67. The smallest absolute Gasteiger partial charge is 0.160 e. The summed E-state index contributed by atoms with van der Waals surface area (Å²) in [6.45, 7) is 0. The van der Waals surface area contributed by atoms with Gasteiger partial charge in [0, 0.05) is 33.2 Å². The highest BCUT2D eigenvalue weighted by Gasteiger charge is 2.46. The first-order chi connectivity index (χ1) is 32.8. The van der Waals surface area contributed by atoms with Crippen LogP contribution in [0.25, 0.3) is 94.4 Å². The van der Waals surface area contributed by atoms with E-state index in [0.29, 0.717) is 5.82 Å². The summed E-state index contributed by atoms with van der Waals surface area (Å²) in [5.41, 5.74) is 17.6. The number of para-hydroxylation sites is 2. The van der Waals surface area contributed by atoms with Crippen LogP contribution in [0.1, 0.15) is 22.3 Å². The Morgan fingerprint density at radius 3 is 1.58 bits per heavy atom. The zero-order valence-corrected chi connectivity index (χ0v) is 36.0. The second kappa shape index (κ2) is 15.3. The zero-order valence-electron chi connectivity index (χ0n) is 36.0. The van der Waals surface area contributed by atoms with Crippen molar-refractivity contribution >= 4 is 32.6 Å². The van der Waals surface area contributed by atoms with E-state index in [4.69, 9.17) is 9.97 Å². The molecule has 0 aliphatic heterocycles. The summed E-state index contributed by atoms with van der Waals surface area (Å²) < 4.78 is 2.39. The van der Waals surface area contributed by atoms with Gasteiger partial charge in [0.2, 0.25) is 0 Å². The van der Waals surface area contributed by atoms with Crippen molar-refractivity contribution in [2.45, 2.75) is 5.41 Å². The average molecular weight is 840 g/mol. The van der Waals surface area contributed by atoms with Crippen LogP contribution in [0, 0.1) is 0 Å². The highest BCUT2D eigenvalue weighted by molar-refractivity contribution is 6.12. The van der Waals surface area contributed by atoms with Crippen LogP contribution in [0.15, 0.2) is 249 Å². The Hall–Kier alpha value is -8.66. The molecule has 10 aromatic carbocycles. The minimum atomic E-state index is -0.521. The number of rotatable bonds is 7. The van der Waals surface area contributed by atoms with E-state index < -0.39 is 5.41 Å². The Morgan fingerprint density at radius 2 is 0.848 bits per heavy atom. The van der Waals surface area contributed by atoms with Crippen molar-refractivity contribution in [1.82, 2.24) is 14.5 Å². The van der Waals surface area contributed by atoms with Crippen LogP contribution < -0.4 is 0 Å². The monoisotopic (exact) mass is 839 g/mol. The van der Waals surface area contributed by atoms with E-state index in [0.717, 1.165) is 44.7 Å². The van der Waals surface area contributed by atoms with Crippen LogP contribution in [-0.4, -0.2) is 14.5 Å². The van der Waals surface area contributed by atoms with Crippen molar-refractivity contribution in [3.8, 4) is 61.8 Å². The fraction of sp³-hybridized carbons (Fsp3) is 0.0159. The van der Waals surface area contributed by atoms with Crippen molar-refractivity contribution in [2.75, 3.05) is 0 Å². The summed E-state index contributed by atoms with van der Waals surface area (Å²) in [5, 5.41) is 4.79. The molecule has 0 saturated heterocycles. The van der Waals surface area contributed by atoms with Crippen molar-refractivity contribution in [3.63, 3.8) is 0 Å². The van der Waals surface area contributed by atoms with Crippen molar-refractivity contribution in [1.29, 1.82) is 0 Å². The number of nitrogens with zero attached hydrogens (tertiary/aromatic N) is 3. The molecule has 0 bridgehead atoms. The third kappa shape index (κ3) is 5.77. The summed E-state index contributed by atoms with van der Waals surface area (Å²) in [5.74, 6) is 0.691. The number of benzene rings is 10. The number of hydrogen-bond acceptors (Lipinski definition) is 2. The van der Waals surface area contributed by atoms with Gasteiger partial charge in [-0.25, -0.2) is 9.97 Å². The van der Waals surface area contributed by atoms with Gasteiger partial charge in [-0.3, -0.25) is 0 Å². The third-order valence-corrected chi connectivity index (χ3v) is 13.7. The molecule has 0 atom stereocenters. The molecule has 0 radical (unpaired) electrons. The predicted octanol–water partition coefficient (Wildman–Crippen LogP) is 15.8. The van der Waals surface area contributed by atoms with Gasteiger partial charge in [0.15, 0.2) is 5.82 Å². The van der Waals surface area contributed by atoms with Gasteiger partial charge in [0.05, 0.1) is 27.8 Å². The van der Waals surface area contributed by atoms with Crippen LogP contribution in [0.2, 0.25) is 0 Å². The lowest BCUT2D eigenvalue weighted by Crippen LogP contribution is -2.28. The van der Waals surface area contributed by atoms with Crippen LogP contribution in [0.5, 0.6) is 0 Å². The Balaban J connectivity index is 1.03. The van der Waals surface area contributed by atoms with Gasteiger partial charge in [-0.05, 0) is 85.6 Å². The maximum Gasteiger partial charge on any atom is 0.160 e. The highest BCUT2D eigenvalue weighted by atomic mass is 15.0. The van der Waals surface area contributed by atoms with Crippen LogP contribution >= 0.6 is 0 Å². The molecule has 3 nitrogen and oxygen atoms in total. The fourth-order valence-corrected chi connectivity index (χ4v) is 10.9. The zero-order chi connectivity index (χ0) is 43.6. The van der Waals surface area contributed by atoms with E-state index in [9.17, 15) is 0 Å². The van der Waals surface area contributed by atoms with E-state index in [-0.39, 0.29) is 0 Å². The first-order valence-corrected chi connectivity index (χ1v) is 22.7. The molecule has 0 spiro atoms. The van der Waals surface area contributed by atoms with E-state index in [1.54, 1.807) is 0 Å². The van der Waals surface area contributed by atoms with Gasteiger partial charge >= 0.3 is 0 Å². The molecule has 2 heterocycles. The third-order valence-electron chi connectivity index (χ3n) is 13.7. The molecule has 13 rings (SSSR count). The molecule has 0 saturated carbocycles. The van der Waals surface area contributed by atoms with Crippen molar-refractivity contribution in [3.05, 3.63) is 271 Å². The maximum absolute atomic E-state index is 5.45. The van der Waals surface area contributed by atoms with Gasteiger partial charge in [0.1, 0.15) is 0 Å². The van der Waals surface area contributed by atoms with Crippen LogP contribution in [0.3, 0.4) is 0 Å². The fourth-order valence-electron chi connectivity index (χ4n) is 10.9. The second-order valence-electron chi connectivity index (χ2n) is 17.2. The molecule has 12 aromatic rings.